The Bertz CT molecular complexity index is 655. The molecule has 1 amide bonds. The highest BCUT2D eigenvalue weighted by atomic mass is 35.5. The van der Waals surface area contributed by atoms with Crippen LogP contribution in [0, 0.1) is 0 Å². The lowest BCUT2D eigenvalue weighted by Crippen LogP contribution is -2.52. The van der Waals surface area contributed by atoms with Crippen LogP contribution in [-0.4, -0.2) is 35.0 Å². The summed E-state index contributed by atoms with van der Waals surface area (Å²) in [5, 5.41) is 0. The van der Waals surface area contributed by atoms with Crippen molar-refractivity contribution in [3.05, 3.63) is 45.4 Å². The molecule has 2 N–H and O–H groups in total. The maximum atomic E-state index is 11.1. The van der Waals surface area contributed by atoms with Gasteiger partial charge in [-0.15, -0.1) is 11.3 Å². The number of carbonyl (C=O) groups is 1. The number of primary amides is 1. The quantitative estimate of drug-likeness (QED) is 0.915. The Kier molecular flexibility index (Phi) is 4.10. The van der Waals surface area contributed by atoms with E-state index in [0.29, 0.717) is 5.75 Å². The van der Waals surface area contributed by atoms with E-state index in [-0.39, 0.29) is 11.8 Å². The zero-order valence-electron chi connectivity index (χ0n) is 11.2. The molecule has 5 nitrogen and oxygen atoms in total. The molecule has 1 fully saturated rings. The third-order valence-corrected chi connectivity index (χ3v) is 4.43. The van der Waals surface area contributed by atoms with Crippen LogP contribution in [0.15, 0.2) is 30.5 Å². The van der Waals surface area contributed by atoms with Gasteiger partial charge >= 0.3 is 0 Å². The van der Waals surface area contributed by atoms with Crippen molar-refractivity contribution in [2.75, 3.05) is 13.1 Å². The van der Waals surface area contributed by atoms with Crippen LogP contribution in [0.3, 0.4) is 0 Å². The molecule has 1 aliphatic rings. The average Bonchev–Trinajstić information content (AvgIpc) is 2.82. The molecule has 3 rings (SSSR count). The van der Waals surface area contributed by atoms with E-state index < -0.39 is 5.91 Å². The van der Waals surface area contributed by atoms with Crippen LogP contribution in [0.5, 0.6) is 5.75 Å². The molecular formula is C14H14ClN3O2S. The smallest absolute Gasteiger partial charge is 0.267 e. The van der Waals surface area contributed by atoms with Crippen molar-refractivity contribution in [1.29, 1.82) is 0 Å². The van der Waals surface area contributed by atoms with Gasteiger partial charge in [-0.25, -0.2) is 0 Å². The molecule has 3 heterocycles. The molecule has 1 aliphatic heterocycles. The molecular weight excluding hydrogens is 310 g/mol. The van der Waals surface area contributed by atoms with Crippen molar-refractivity contribution in [3.63, 3.8) is 0 Å². The number of hydrogen-bond acceptors (Lipinski definition) is 5. The molecule has 0 unspecified atom stereocenters. The molecule has 0 bridgehead atoms. The Hall–Kier alpha value is -1.63. The second kappa shape index (κ2) is 6.01. The van der Waals surface area contributed by atoms with Crippen LogP contribution >= 0.6 is 22.9 Å². The topological polar surface area (TPSA) is 68.5 Å². The fourth-order valence-corrected chi connectivity index (χ4v) is 3.32. The Labute approximate surface area is 131 Å². The summed E-state index contributed by atoms with van der Waals surface area (Å²) >= 11 is 7.51. The molecule has 7 heteroatoms. The lowest BCUT2D eigenvalue weighted by Gasteiger charge is -2.38. The normalized spacial score (nSPS) is 15.7. The molecule has 2 aromatic rings. The standard InChI is InChI=1S/C14H14ClN3O2S/c15-13-2-1-11(21-13)8-18-6-10(7-18)20-9-3-4-17-12(5-9)14(16)19/h1-5,10H,6-8H2,(H2,16,19). The van der Waals surface area contributed by atoms with Gasteiger partial charge in [0.05, 0.1) is 4.34 Å². The Morgan fingerprint density at radius 2 is 2.29 bits per heavy atom. The number of aromatic nitrogens is 1. The average molecular weight is 324 g/mol. The number of nitrogens with two attached hydrogens (primary N) is 1. The minimum absolute atomic E-state index is 0.128. The van der Waals surface area contributed by atoms with Crippen molar-refractivity contribution in [3.8, 4) is 5.75 Å². The van der Waals surface area contributed by atoms with E-state index in [1.54, 1.807) is 23.5 Å². The molecule has 0 aliphatic carbocycles. The summed E-state index contributed by atoms with van der Waals surface area (Å²) in [4.78, 5) is 18.5. The van der Waals surface area contributed by atoms with Crippen LogP contribution in [0.1, 0.15) is 15.4 Å². The number of ether oxygens (including phenoxy) is 1. The van der Waals surface area contributed by atoms with Gasteiger partial charge in [-0.05, 0) is 18.2 Å². The number of amides is 1. The van der Waals surface area contributed by atoms with E-state index in [1.165, 1.54) is 11.1 Å². The summed E-state index contributed by atoms with van der Waals surface area (Å²) < 4.78 is 6.62. The van der Waals surface area contributed by atoms with E-state index >= 15 is 0 Å². The van der Waals surface area contributed by atoms with Crippen molar-refractivity contribution in [2.45, 2.75) is 12.6 Å². The number of likely N-dealkylation sites (tertiary alicyclic amines) is 1. The summed E-state index contributed by atoms with van der Waals surface area (Å²) in [6.07, 6.45) is 1.66. The molecule has 2 aromatic heterocycles. The number of hydrogen-bond donors (Lipinski definition) is 1. The first-order chi connectivity index (χ1) is 10.1. The molecule has 0 atom stereocenters. The molecule has 0 saturated carbocycles. The maximum absolute atomic E-state index is 11.1. The summed E-state index contributed by atoms with van der Waals surface area (Å²) in [6.45, 7) is 2.59. The van der Waals surface area contributed by atoms with E-state index in [2.05, 4.69) is 9.88 Å². The number of carbonyl (C=O) groups excluding carboxylic acids is 1. The van der Waals surface area contributed by atoms with Gasteiger partial charge in [0.15, 0.2) is 0 Å². The van der Waals surface area contributed by atoms with Crippen LogP contribution < -0.4 is 10.5 Å². The highest BCUT2D eigenvalue weighted by Crippen LogP contribution is 2.25. The van der Waals surface area contributed by atoms with Crippen molar-refractivity contribution >= 4 is 28.8 Å². The predicted octanol–water partition coefficient (Wildman–Crippen LogP) is 2.16. The number of pyridine rings is 1. The zero-order chi connectivity index (χ0) is 14.8. The number of halogens is 1. The van der Waals surface area contributed by atoms with Crippen LogP contribution in [-0.2, 0) is 6.54 Å². The van der Waals surface area contributed by atoms with E-state index in [0.717, 1.165) is 24.0 Å². The van der Waals surface area contributed by atoms with Crippen molar-refractivity contribution < 1.29 is 9.53 Å². The maximum Gasteiger partial charge on any atom is 0.267 e. The van der Waals surface area contributed by atoms with E-state index in [1.807, 2.05) is 12.1 Å². The largest absolute Gasteiger partial charge is 0.488 e. The first kappa shape index (κ1) is 14.3. The van der Waals surface area contributed by atoms with Crippen LogP contribution in [0.25, 0.3) is 0 Å². The van der Waals surface area contributed by atoms with E-state index in [4.69, 9.17) is 22.1 Å². The third kappa shape index (κ3) is 3.53. The SMILES string of the molecule is NC(=O)c1cc(OC2CN(Cc3ccc(Cl)s3)C2)ccn1. The minimum Gasteiger partial charge on any atom is -0.488 e. The Morgan fingerprint density at radius 3 is 2.95 bits per heavy atom. The van der Waals surface area contributed by atoms with Crippen molar-refractivity contribution in [2.24, 2.45) is 5.73 Å². The van der Waals surface area contributed by atoms with E-state index in [9.17, 15) is 4.79 Å². The number of thiophene rings is 1. The highest BCUT2D eigenvalue weighted by molar-refractivity contribution is 7.16. The predicted molar refractivity (Wildman–Crippen MR) is 81.8 cm³/mol. The summed E-state index contributed by atoms with van der Waals surface area (Å²) in [6, 6.07) is 7.26. The third-order valence-electron chi connectivity index (χ3n) is 3.22. The lowest BCUT2D eigenvalue weighted by molar-refractivity contribution is 0.0151. The fraction of sp³-hybridized carbons (Fsp3) is 0.286. The Balaban J connectivity index is 1.50. The second-order valence-electron chi connectivity index (χ2n) is 4.88. The Morgan fingerprint density at radius 1 is 1.48 bits per heavy atom. The molecule has 0 aromatic carbocycles. The fourth-order valence-electron chi connectivity index (χ4n) is 2.19. The van der Waals surface area contributed by atoms with Crippen molar-refractivity contribution in [1.82, 2.24) is 9.88 Å². The van der Waals surface area contributed by atoms with Gasteiger partial charge in [0.1, 0.15) is 17.5 Å². The number of nitrogens with zero attached hydrogens (tertiary/aromatic N) is 2. The molecule has 0 radical (unpaired) electrons. The van der Waals surface area contributed by atoms with Crippen LogP contribution in [0.4, 0.5) is 0 Å². The summed E-state index contributed by atoms with van der Waals surface area (Å²) in [5.41, 5.74) is 5.41. The monoisotopic (exact) mass is 323 g/mol. The first-order valence-electron chi connectivity index (χ1n) is 6.49. The molecule has 21 heavy (non-hydrogen) atoms. The summed E-state index contributed by atoms with van der Waals surface area (Å²) in [7, 11) is 0. The molecule has 1 saturated heterocycles. The minimum atomic E-state index is -0.551. The summed E-state index contributed by atoms with van der Waals surface area (Å²) in [5.74, 6) is 0.0767. The van der Waals surface area contributed by atoms with Gasteiger partial charge in [0, 0.05) is 36.8 Å². The van der Waals surface area contributed by atoms with Gasteiger partial charge in [-0.3, -0.25) is 14.7 Å². The van der Waals surface area contributed by atoms with Gasteiger partial charge in [-0.2, -0.15) is 0 Å². The highest BCUT2D eigenvalue weighted by Gasteiger charge is 2.28. The second-order valence-corrected chi connectivity index (χ2v) is 6.68. The lowest BCUT2D eigenvalue weighted by atomic mass is 10.1. The van der Waals surface area contributed by atoms with Gasteiger partial charge in [0.25, 0.3) is 5.91 Å². The van der Waals surface area contributed by atoms with Gasteiger partial charge in [-0.1, -0.05) is 11.6 Å². The van der Waals surface area contributed by atoms with Gasteiger partial charge in [0.2, 0.25) is 0 Å². The van der Waals surface area contributed by atoms with Crippen LogP contribution in [0.2, 0.25) is 4.34 Å². The first-order valence-corrected chi connectivity index (χ1v) is 7.68. The molecule has 110 valence electrons. The number of rotatable bonds is 5. The van der Waals surface area contributed by atoms with Gasteiger partial charge < -0.3 is 10.5 Å². The zero-order valence-corrected chi connectivity index (χ0v) is 12.7. The molecule has 0 spiro atoms.